The van der Waals surface area contributed by atoms with Crippen LogP contribution in [0.1, 0.15) is 0 Å². The van der Waals surface area contributed by atoms with Gasteiger partial charge in [0.1, 0.15) is 0 Å². The molecular weight excluding hydrogens is 218 g/mol. The third-order valence-corrected chi connectivity index (χ3v) is 1.10. The van der Waals surface area contributed by atoms with Crippen molar-refractivity contribution in [3.05, 3.63) is 0 Å². The second-order valence-corrected chi connectivity index (χ2v) is 2.50. The quantitative estimate of drug-likeness (QED) is 0.500. The number of hydrogen-bond donors (Lipinski definition) is 2. The van der Waals surface area contributed by atoms with Gasteiger partial charge in [0, 0.05) is 0 Å². The zero-order chi connectivity index (χ0) is 10.2. The fraction of sp³-hybridized carbons (Fsp3) is 1.00. The van der Waals surface area contributed by atoms with E-state index in [1.165, 1.54) is 0 Å². The van der Waals surface area contributed by atoms with Gasteiger partial charge in [-0.1, -0.05) is 0 Å². The summed E-state index contributed by atoms with van der Waals surface area (Å²) in [6, 6.07) is 0. The molecule has 12 heavy (non-hydrogen) atoms. The van der Waals surface area contributed by atoms with E-state index in [2.05, 4.69) is 2.84 Å². The van der Waals surface area contributed by atoms with Crippen molar-refractivity contribution in [2.45, 2.75) is 0 Å². The average Bonchev–Trinajstić information content (AvgIpc) is 2.08. The first-order valence-electron chi connectivity index (χ1n) is 2.48. The van der Waals surface area contributed by atoms with Gasteiger partial charge in [-0.2, -0.15) is 0 Å². The van der Waals surface area contributed by atoms with Crippen LogP contribution in [0.2, 0.25) is 0 Å². The van der Waals surface area contributed by atoms with Crippen molar-refractivity contribution in [3.63, 3.8) is 0 Å². The van der Waals surface area contributed by atoms with E-state index < -0.39 is 40.3 Å². The zero-order valence-electron chi connectivity index (χ0n) is 6.00. The molecule has 0 aromatic rings. The molecule has 0 unspecified atom stereocenters. The van der Waals surface area contributed by atoms with E-state index in [4.69, 9.17) is 19.1 Å². The molecule has 0 aromatic heterocycles. The van der Waals surface area contributed by atoms with Crippen LogP contribution < -0.4 is 0 Å². The van der Waals surface area contributed by atoms with Gasteiger partial charge in [0.05, 0.1) is 13.2 Å². The predicted octanol–water partition coefficient (Wildman–Crippen LogP) is -2.71. The third kappa shape index (κ3) is 84.3. The summed E-state index contributed by atoms with van der Waals surface area (Å²) < 4.78 is 39.1. The molecule has 0 atom stereocenters. The summed E-state index contributed by atoms with van der Waals surface area (Å²) in [6.07, 6.45) is 0. The summed E-state index contributed by atoms with van der Waals surface area (Å²) in [6.45, 7) is -0.250. The van der Waals surface area contributed by atoms with Crippen LogP contribution >= 0.6 is 0 Å². The first-order chi connectivity index (χ1) is 5.74. The second-order valence-electron chi connectivity index (χ2n) is 0.859. The van der Waals surface area contributed by atoms with Gasteiger partial charge in [-0.3, -0.25) is 8.92 Å². The fourth-order valence-corrected chi connectivity index (χ4v) is 0.204. The van der Waals surface area contributed by atoms with Crippen molar-refractivity contribution in [1.29, 1.82) is 0 Å². The Morgan fingerprint density at radius 1 is 1.08 bits per heavy atom. The Morgan fingerprint density at radius 2 is 1.33 bits per heavy atom. The molecule has 0 rings (SSSR count). The molecule has 66 valence electrons. The molecule has 0 aromatic carbocycles. The third-order valence-electron chi connectivity index (χ3n) is 0.211. The van der Waals surface area contributed by atoms with Crippen molar-refractivity contribution >= 4 is 40.3 Å². The predicted molar refractivity (Wildman–Crippen MR) is 35.3 cm³/mol. The number of rotatable bonds is 3. The van der Waals surface area contributed by atoms with Gasteiger partial charge in [0.15, 0.2) is 0 Å². The van der Waals surface area contributed by atoms with Crippen LogP contribution in [0.4, 0.5) is 0 Å². The van der Waals surface area contributed by atoms with Crippen molar-refractivity contribution in [3.8, 4) is 0 Å². The topological polar surface area (TPSA) is 118 Å². The molecule has 0 radical (unpaired) electrons. The summed E-state index contributed by atoms with van der Waals surface area (Å²) in [5.74, 6) is 0. The molecule has 7 nitrogen and oxygen atoms in total. The molecule has 0 fully saturated rings. The van der Waals surface area contributed by atoms with Crippen LogP contribution in [0, 0.1) is 0 Å². The Kier molecular flexibility index (Phi) is 45.7. The van der Waals surface area contributed by atoms with Crippen molar-refractivity contribution in [2.24, 2.45) is 0 Å². The van der Waals surface area contributed by atoms with E-state index >= 15 is 0 Å². The van der Waals surface area contributed by atoms with Gasteiger partial charge >= 0.3 is 50.7 Å². The maximum atomic E-state index is 9.21. The Bertz CT molecular complexity index is 115. The first-order valence-corrected chi connectivity index (χ1v) is 5.19. The van der Waals surface area contributed by atoms with E-state index in [0.29, 0.717) is 0 Å². The molecule has 0 saturated heterocycles. The Labute approximate surface area is 83.2 Å². The zero-order valence-corrected chi connectivity index (χ0v) is 9.31. The van der Waals surface area contributed by atoms with Crippen molar-refractivity contribution in [2.75, 3.05) is 13.2 Å². The van der Waals surface area contributed by atoms with Crippen molar-refractivity contribution < 1.29 is 29.6 Å². The minimum absolute atomic E-state index is 0.125. The maximum absolute atomic E-state index is 9.21. The van der Waals surface area contributed by atoms with Crippen LogP contribution in [-0.2, 0) is 19.4 Å². The van der Waals surface area contributed by atoms with Gasteiger partial charge in [0.2, 0.25) is 0 Å². The summed E-state index contributed by atoms with van der Waals surface area (Å²) in [5.41, 5.74) is 0. The molecule has 0 spiro atoms. The van der Waals surface area contributed by atoms with Crippen LogP contribution in [-0.4, -0.2) is 63.7 Å². The van der Waals surface area contributed by atoms with Crippen LogP contribution in [0.3, 0.4) is 0 Å². The summed E-state index contributed by atoms with van der Waals surface area (Å²) in [7, 11) is -1.42. The molecule has 0 heterocycles. The SMILES string of the molecule is O=[Si]=O.OCCO.[O]=[Al][O][Al]=[O]. The Morgan fingerprint density at radius 3 is 1.33 bits per heavy atom. The number of aliphatic hydroxyl groups excluding tert-OH is 2. The first kappa shape index (κ1) is 18.1. The summed E-state index contributed by atoms with van der Waals surface area (Å²) >= 11 is -2.48. The normalized spacial score (nSPS) is 4.83. The van der Waals surface area contributed by atoms with Crippen LogP contribution in [0.25, 0.3) is 0 Å². The second kappa shape index (κ2) is 30.3. The molecule has 0 bridgehead atoms. The van der Waals surface area contributed by atoms with E-state index in [1.807, 2.05) is 0 Å². The van der Waals surface area contributed by atoms with E-state index in [0.717, 1.165) is 0 Å². The van der Waals surface area contributed by atoms with E-state index in [1.54, 1.807) is 0 Å². The minimum atomic E-state index is -1.42. The molecule has 0 saturated carbocycles. The summed E-state index contributed by atoms with van der Waals surface area (Å²) in [5, 5.41) is 15.2. The fourth-order valence-electron chi connectivity index (χ4n) is 0.0227. The summed E-state index contributed by atoms with van der Waals surface area (Å²) in [4.78, 5) is 0. The molecular formula is C2H6Al2O7Si. The molecule has 0 aliphatic carbocycles. The molecule has 0 aliphatic heterocycles. The number of aliphatic hydroxyl groups is 2. The van der Waals surface area contributed by atoms with Gasteiger partial charge < -0.3 is 10.2 Å². The molecule has 0 aliphatic rings. The van der Waals surface area contributed by atoms with Gasteiger partial charge in [-0.25, -0.2) is 0 Å². The van der Waals surface area contributed by atoms with Crippen LogP contribution in [0.5, 0.6) is 0 Å². The van der Waals surface area contributed by atoms with Crippen molar-refractivity contribution in [1.82, 2.24) is 0 Å². The van der Waals surface area contributed by atoms with E-state index in [-0.39, 0.29) is 13.2 Å². The standard InChI is InChI=1S/C2H6O2.2Al.O2Si.3O/c3-1-2-4;;;1-3-2;;;/h3-4H,1-2H2;;;;;;. The van der Waals surface area contributed by atoms with Crippen LogP contribution in [0.15, 0.2) is 0 Å². The number of hydrogen-bond acceptors (Lipinski definition) is 7. The van der Waals surface area contributed by atoms with Gasteiger partial charge in [-0.15, -0.1) is 0 Å². The monoisotopic (exact) mass is 224 g/mol. The molecule has 0 amide bonds. The Hall–Kier alpha value is 0.202. The molecule has 10 heteroatoms. The Balaban J connectivity index is -0.000000105. The average molecular weight is 224 g/mol. The van der Waals surface area contributed by atoms with E-state index in [9.17, 15) is 7.61 Å². The van der Waals surface area contributed by atoms with Gasteiger partial charge in [-0.05, 0) is 0 Å². The molecule has 2 N–H and O–H groups in total. The van der Waals surface area contributed by atoms with Gasteiger partial charge in [0.25, 0.3) is 0 Å².